The summed E-state index contributed by atoms with van der Waals surface area (Å²) in [5, 5.41) is 0. The van der Waals surface area contributed by atoms with Gasteiger partial charge in [-0.05, 0) is 62.9 Å². The fourth-order valence-electron chi connectivity index (χ4n) is 6.26. The molecule has 0 N–H and O–H groups in total. The van der Waals surface area contributed by atoms with Crippen LogP contribution in [0.2, 0.25) is 0 Å². The Balaban J connectivity index is 1.69. The van der Waals surface area contributed by atoms with E-state index < -0.39 is 0 Å². The third-order valence-corrected chi connectivity index (χ3v) is 8.99. The van der Waals surface area contributed by atoms with E-state index in [1.54, 1.807) is 0 Å². The van der Waals surface area contributed by atoms with Crippen molar-refractivity contribution in [3.63, 3.8) is 0 Å². The molecule has 0 atom stereocenters. The summed E-state index contributed by atoms with van der Waals surface area (Å²) in [5.74, 6) is 1.31. The molecule has 0 radical (unpaired) electrons. The van der Waals surface area contributed by atoms with Crippen molar-refractivity contribution in [2.24, 2.45) is 16.7 Å². The van der Waals surface area contributed by atoms with Crippen molar-refractivity contribution in [2.45, 2.75) is 144 Å². The lowest BCUT2D eigenvalue weighted by molar-refractivity contribution is -0.147. The molecule has 0 aromatic carbocycles. The number of piperidine rings is 1. The minimum atomic E-state index is 0.309. The molecular formula is C31H60N2O. The van der Waals surface area contributed by atoms with Crippen molar-refractivity contribution in [3.05, 3.63) is 0 Å². The van der Waals surface area contributed by atoms with Gasteiger partial charge in [-0.15, -0.1) is 0 Å². The Morgan fingerprint density at radius 1 is 0.794 bits per heavy atom. The quantitative estimate of drug-likeness (QED) is 0.185. The molecule has 0 aromatic heterocycles. The minimum absolute atomic E-state index is 0.309. The Bertz CT molecular complexity index is 530. The lowest BCUT2D eigenvalue weighted by Crippen LogP contribution is -2.62. The topological polar surface area (TPSA) is 23.6 Å². The van der Waals surface area contributed by atoms with Crippen LogP contribution in [0.1, 0.15) is 144 Å². The van der Waals surface area contributed by atoms with Gasteiger partial charge in [-0.1, -0.05) is 98.8 Å². The van der Waals surface area contributed by atoms with Gasteiger partial charge in [-0.2, -0.15) is 0 Å². The van der Waals surface area contributed by atoms with Crippen LogP contribution in [-0.2, 0) is 4.79 Å². The molecule has 2 aliphatic rings. The van der Waals surface area contributed by atoms with Crippen LogP contribution in [0, 0.1) is 16.7 Å². The largest absolute Gasteiger partial charge is 0.341 e. The second-order valence-electron chi connectivity index (χ2n) is 12.9. The number of rotatable bonds is 18. The summed E-state index contributed by atoms with van der Waals surface area (Å²) in [6.45, 7) is 17.5. The first-order valence-electron chi connectivity index (χ1n) is 15.3. The van der Waals surface area contributed by atoms with Crippen molar-refractivity contribution in [1.82, 2.24) is 9.80 Å². The molecule has 1 spiro atoms. The van der Waals surface area contributed by atoms with Crippen molar-refractivity contribution in [2.75, 3.05) is 32.7 Å². The van der Waals surface area contributed by atoms with Crippen LogP contribution in [0.5, 0.6) is 0 Å². The van der Waals surface area contributed by atoms with Crippen molar-refractivity contribution >= 4 is 5.91 Å². The van der Waals surface area contributed by atoms with Crippen LogP contribution >= 0.6 is 0 Å². The molecule has 0 aliphatic carbocycles. The number of amides is 1. The molecule has 200 valence electrons. The highest BCUT2D eigenvalue weighted by molar-refractivity contribution is 5.77. The highest BCUT2D eigenvalue weighted by Crippen LogP contribution is 2.41. The fraction of sp³-hybridized carbons (Fsp3) is 0.968. The van der Waals surface area contributed by atoms with Gasteiger partial charge in [0.2, 0.25) is 5.91 Å². The van der Waals surface area contributed by atoms with Crippen LogP contribution < -0.4 is 0 Å². The average Bonchev–Trinajstić information content (AvgIpc) is 2.80. The van der Waals surface area contributed by atoms with E-state index in [0.717, 1.165) is 31.8 Å². The maximum absolute atomic E-state index is 12.8. The standard InChI is InChI=1S/C31H60N2O/c1-6-9-12-14-16-28(17-15-13-10-7-2)25-32-23-21-31(22-24-32)26-33(27-31)29(34)18-20-30(4,5)19-11-8-3/h28H,6-27H2,1-5H3. The SMILES string of the molecule is CCCCCCC(CCCCCC)CN1CCC2(CC1)CN(C(=O)CCC(C)(C)CCCC)C2. The van der Waals surface area contributed by atoms with E-state index in [-0.39, 0.29) is 0 Å². The Hall–Kier alpha value is -0.570. The van der Waals surface area contributed by atoms with Gasteiger partial charge in [0.1, 0.15) is 0 Å². The van der Waals surface area contributed by atoms with Gasteiger partial charge >= 0.3 is 0 Å². The molecule has 34 heavy (non-hydrogen) atoms. The van der Waals surface area contributed by atoms with Gasteiger partial charge < -0.3 is 9.80 Å². The Kier molecular flexibility index (Phi) is 13.5. The van der Waals surface area contributed by atoms with Gasteiger partial charge in [0.15, 0.2) is 0 Å². The predicted molar refractivity (Wildman–Crippen MR) is 148 cm³/mol. The third-order valence-electron chi connectivity index (χ3n) is 8.99. The molecule has 0 bridgehead atoms. The molecular weight excluding hydrogens is 416 g/mol. The zero-order valence-corrected chi connectivity index (χ0v) is 23.9. The average molecular weight is 477 g/mol. The maximum atomic E-state index is 12.8. The summed E-state index contributed by atoms with van der Waals surface area (Å²) < 4.78 is 0. The highest BCUT2D eigenvalue weighted by atomic mass is 16.2. The van der Waals surface area contributed by atoms with E-state index in [0.29, 0.717) is 16.7 Å². The molecule has 2 heterocycles. The molecule has 0 saturated carbocycles. The van der Waals surface area contributed by atoms with Crippen LogP contribution in [0.4, 0.5) is 0 Å². The van der Waals surface area contributed by atoms with Crippen LogP contribution in [0.3, 0.4) is 0 Å². The zero-order chi connectivity index (χ0) is 24.9. The van der Waals surface area contributed by atoms with E-state index in [2.05, 4.69) is 44.4 Å². The van der Waals surface area contributed by atoms with Gasteiger partial charge in [-0.3, -0.25) is 4.79 Å². The lowest BCUT2D eigenvalue weighted by atomic mass is 9.71. The Labute approximate surface area is 213 Å². The number of nitrogens with zero attached hydrogens (tertiary/aromatic N) is 2. The normalized spacial score (nSPS) is 18.6. The number of unbranched alkanes of at least 4 members (excludes halogenated alkanes) is 7. The minimum Gasteiger partial charge on any atom is -0.341 e. The first kappa shape index (κ1) is 29.7. The Morgan fingerprint density at radius 2 is 1.35 bits per heavy atom. The third kappa shape index (κ3) is 10.6. The fourth-order valence-corrected chi connectivity index (χ4v) is 6.26. The molecule has 2 fully saturated rings. The maximum Gasteiger partial charge on any atom is 0.222 e. The van der Waals surface area contributed by atoms with E-state index in [9.17, 15) is 4.79 Å². The summed E-state index contributed by atoms with van der Waals surface area (Å²) >= 11 is 0. The molecule has 0 unspecified atom stereocenters. The Morgan fingerprint density at radius 3 is 1.88 bits per heavy atom. The second kappa shape index (κ2) is 15.5. The van der Waals surface area contributed by atoms with Crippen LogP contribution in [0.15, 0.2) is 0 Å². The van der Waals surface area contributed by atoms with Gasteiger partial charge in [0.25, 0.3) is 0 Å². The molecule has 3 nitrogen and oxygen atoms in total. The summed E-state index contributed by atoms with van der Waals surface area (Å²) in [4.78, 5) is 17.7. The van der Waals surface area contributed by atoms with E-state index in [1.165, 1.54) is 116 Å². The van der Waals surface area contributed by atoms with Crippen molar-refractivity contribution in [3.8, 4) is 0 Å². The number of likely N-dealkylation sites (tertiary alicyclic amines) is 2. The molecule has 0 aromatic rings. The van der Waals surface area contributed by atoms with Crippen LogP contribution in [-0.4, -0.2) is 48.4 Å². The number of carbonyl (C=O) groups is 1. The summed E-state index contributed by atoms with van der Waals surface area (Å²) in [6.07, 6.45) is 22.2. The highest BCUT2D eigenvalue weighted by Gasteiger charge is 2.46. The molecule has 1 amide bonds. The molecule has 3 heteroatoms. The van der Waals surface area contributed by atoms with Crippen molar-refractivity contribution < 1.29 is 4.79 Å². The smallest absolute Gasteiger partial charge is 0.222 e. The summed E-state index contributed by atoms with van der Waals surface area (Å²) in [5.41, 5.74) is 0.755. The van der Waals surface area contributed by atoms with Crippen molar-refractivity contribution in [1.29, 1.82) is 0 Å². The number of hydrogen-bond donors (Lipinski definition) is 0. The summed E-state index contributed by atoms with van der Waals surface area (Å²) in [7, 11) is 0. The molecule has 2 rings (SSSR count). The lowest BCUT2D eigenvalue weighted by Gasteiger charge is -2.54. The predicted octanol–water partition coefficient (Wildman–Crippen LogP) is 8.46. The first-order valence-corrected chi connectivity index (χ1v) is 15.3. The number of hydrogen-bond acceptors (Lipinski definition) is 2. The number of carbonyl (C=O) groups excluding carboxylic acids is 1. The van der Waals surface area contributed by atoms with Crippen LogP contribution in [0.25, 0.3) is 0 Å². The zero-order valence-electron chi connectivity index (χ0n) is 23.9. The molecule has 2 saturated heterocycles. The monoisotopic (exact) mass is 476 g/mol. The second-order valence-corrected chi connectivity index (χ2v) is 12.9. The van der Waals surface area contributed by atoms with Gasteiger partial charge in [-0.25, -0.2) is 0 Å². The van der Waals surface area contributed by atoms with Gasteiger partial charge in [0, 0.05) is 31.5 Å². The summed E-state index contributed by atoms with van der Waals surface area (Å²) in [6, 6.07) is 0. The van der Waals surface area contributed by atoms with E-state index in [1.807, 2.05) is 0 Å². The molecule has 2 aliphatic heterocycles. The van der Waals surface area contributed by atoms with E-state index in [4.69, 9.17) is 0 Å². The first-order chi connectivity index (χ1) is 16.3. The van der Waals surface area contributed by atoms with E-state index >= 15 is 0 Å². The van der Waals surface area contributed by atoms with Gasteiger partial charge in [0.05, 0.1) is 0 Å².